The molecule has 6 atom stereocenters. The number of rotatable bonds is 8. The van der Waals surface area contributed by atoms with Crippen LogP contribution in [0.4, 0.5) is 0 Å². The Kier molecular flexibility index (Phi) is 8.21. The summed E-state index contributed by atoms with van der Waals surface area (Å²) in [5.41, 5.74) is -1.36. The summed E-state index contributed by atoms with van der Waals surface area (Å²) in [7, 11) is 1.65. The average Bonchev–Trinajstić information content (AvgIpc) is 3.07. The maximum Gasteiger partial charge on any atom is 0.331 e. The fraction of sp³-hybridized carbons (Fsp3) is 0.783. The first kappa shape index (κ1) is 27.5. The normalized spacial score (nSPS) is 32.3. The molecule has 0 aromatic heterocycles. The molecule has 0 spiro atoms. The van der Waals surface area contributed by atoms with Gasteiger partial charge >= 0.3 is 11.9 Å². The van der Waals surface area contributed by atoms with Crippen LogP contribution < -0.4 is 5.32 Å². The Labute approximate surface area is 198 Å². The molecule has 0 bridgehead atoms. The monoisotopic (exact) mass is 484 g/mol. The highest BCUT2D eigenvalue weighted by molar-refractivity contribution is 6.74. The maximum absolute atomic E-state index is 13.7. The number of fused-ring (bicyclic) bond motifs is 1. The average molecular weight is 485 g/mol. The molecule has 188 valence electrons. The summed E-state index contributed by atoms with van der Waals surface area (Å²) in [4.78, 5) is 41.1. The minimum Gasteiger partial charge on any atom is -0.469 e. The van der Waals surface area contributed by atoms with Gasteiger partial charge in [0.05, 0.1) is 38.3 Å². The Morgan fingerprint density at radius 3 is 2.30 bits per heavy atom. The molecule has 0 aromatic carbocycles. The first-order valence-corrected chi connectivity index (χ1v) is 14.2. The Hall–Kier alpha value is -1.75. The summed E-state index contributed by atoms with van der Waals surface area (Å²) in [6.07, 6.45) is 0.225. The lowest BCUT2D eigenvalue weighted by Gasteiger charge is -2.52. The van der Waals surface area contributed by atoms with Gasteiger partial charge in [0.2, 0.25) is 0 Å². The lowest BCUT2D eigenvalue weighted by molar-refractivity contribution is -0.177. The van der Waals surface area contributed by atoms with E-state index in [9.17, 15) is 14.4 Å². The number of nitrogens with one attached hydrogen (secondary N) is 1. The topological polar surface area (TPSA) is 103 Å². The molecule has 1 N–H and O–H groups in total. The number of carbonyl (C=O) groups is 3. The van der Waals surface area contributed by atoms with Gasteiger partial charge in [-0.3, -0.25) is 9.59 Å². The highest BCUT2D eigenvalue weighted by Crippen LogP contribution is 2.48. The van der Waals surface area contributed by atoms with Gasteiger partial charge in [-0.15, -0.1) is 6.58 Å². The Morgan fingerprint density at radius 2 is 1.85 bits per heavy atom. The molecule has 2 aliphatic heterocycles. The third-order valence-electron chi connectivity index (χ3n) is 7.47. The molecular weight excluding hydrogens is 444 g/mol. The van der Waals surface area contributed by atoms with E-state index in [1.54, 1.807) is 13.0 Å². The standard InChI is InChI=1S/C23H40N2O7Si/c1-11-12-24-15-17(32-33(9,10)22(2,3)4)16-14(20(27)30-7)13-23(5,21(28)31-8)25(16)19(26)18(15)29-6/h11,14-18,24H,1,12-13H2,2-10H3/t14-,15-,16+,17-,18+,23-/m0/s1. The van der Waals surface area contributed by atoms with Crippen LogP contribution in [0.3, 0.4) is 0 Å². The van der Waals surface area contributed by atoms with Crippen LogP contribution in [0.25, 0.3) is 0 Å². The van der Waals surface area contributed by atoms with E-state index in [2.05, 4.69) is 45.8 Å². The summed E-state index contributed by atoms with van der Waals surface area (Å²) in [5, 5.41) is 3.20. The largest absolute Gasteiger partial charge is 0.469 e. The van der Waals surface area contributed by atoms with Gasteiger partial charge in [0, 0.05) is 13.7 Å². The number of hydrogen-bond donors (Lipinski definition) is 1. The first-order valence-electron chi connectivity index (χ1n) is 11.3. The number of methoxy groups -OCH3 is 3. The molecular formula is C23H40N2O7Si. The number of esters is 2. The van der Waals surface area contributed by atoms with Gasteiger partial charge in [-0.25, -0.2) is 4.79 Å². The van der Waals surface area contributed by atoms with Crippen molar-refractivity contribution < 1.29 is 33.0 Å². The zero-order valence-electron chi connectivity index (χ0n) is 21.4. The maximum atomic E-state index is 13.7. The predicted octanol–water partition coefficient (Wildman–Crippen LogP) is 1.87. The number of ether oxygens (including phenoxy) is 3. The quantitative estimate of drug-likeness (QED) is 0.316. The minimum atomic E-state index is -2.38. The number of amides is 1. The van der Waals surface area contributed by atoms with Crippen LogP contribution in [0, 0.1) is 5.92 Å². The third kappa shape index (κ3) is 4.75. The van der Waals surface area contributed by atoms with E-state index in [1.165, 1.54) is 26.2 Å². The van der Waals surface area contributed by atoms with Crippen LogP contribution in [-0.4, -0.2) is 88.8 Å². The number of hydrogen-bond acceptors (Lipinski definition) is 8. The van der Waals surface area contributed by atoms with E-state index in [-0.39, 0.29) is 11.5 Å². The Morgan fingerprint density at radius 1 is 1.24 bits per heavy atom. The molecule has 0 aromatic rings. The van der Waals surface area contributed by atoms with E-state index in [1.807, 2.05) is 0 Å². The molecule has 9 nitrogen and oxygen atoms in total. The lowest BCUT2D eigenvalue weighted by atomic mass is 9.85. The van der Waals surface area contributed by atoms with Gasteiger partial charge in [0.15, 0.2) is 14.4 Å². The van der Waals surface area contributed by atoms with Crippen molar-refractivity contribution in [2.45, 2.75) is 82.1 Å². The summed E-state index contributed by atoms with van der Waals surface area (Å²) >= 11 is 0. The summed E-state index contributed by atoms with van der Waals surface area (Å²) in [6.45, 7) is 16.4. The smallest absolute Gasteiger partial charge is 0.331 e. The van der Waals surface area contributed by atoms with Crippen molar-refractivity contribution in [2.24, 2.45) is 5.92 Å². The second kappa shape index (κ2) is 9.85. The van der Waals surface area contributed by atoms with Crippen LogP contribution in [0.1, 0.15) is 34.1 Å². The van der Waals surface area contributed by atoms with Gasteiger partial charge in [-0.05, 0) is 31.5 Å². The molecule has 10 heteroatoms. The zero-order chi connectivity index (χ0) is 25.4. The number of nitrogens with zero attached hydrogens (tertiary/aromatic N) is 1. The molecule has 2 fully saturated rings. The van der Waals surface area contributed by atoms with E-state index in [0.717, 1.165) is 0 Å². The Balaban J connectivity index is 2.73. The highest BCUT2D eigenvalue weighted by Gasteiger charge is 2.66. The molecule has 0 radical (unpaired) electrons. The van der Waals surface area contributed by atoms with Crippen molar-refractivity contribution in [3.05, 3.63) is 12.7 Å². The van der Waals surface area contributed by atoms with Crippen LogP contribution in [-0.2, 0) is 33.0 Å². The first-order chi connectivity index (χ1) is 15.2. The van der Waals surface area contributed by atoms with Crippen molar-refractivity contribution in [1.82, 2.24) is 10.2 Å². The van der Waals surface area contributed by atoms with Crippen molar-refractivity contribution in [3.8, 4) is 0 Å². The van der Waals surface area contributed by atoms with E-state index in [4.69, 9.17) is 18.6 Å². The SMILES string of the molecule is C=CCN[C@H]1[C@H](O[Si](C)(C)C(C)(C)C)[C@H]2[C@@H](C(=O)OC)C[C@@](C)(C(=O)OC)N2C(=O)[C@@H]1OC. The van der Waals surface area contributed by atoms with Gasteiger partial charge in [-0.1, -0.05) is 26.8 Å². The van der Waals surface area contributed by atoms with Gasteiger partial charge < -0.3 is 28.9 Å². The van der Waals surface area contributed by atoms with Crippen molar-refractivity contribution in [2.75, 3.05) is 27.9 Å². The van der Waals surface area contributed by atoms with Crippen LogP contribution in [0.5, 0.6) is 0 Å². The molecule has 2 heterocycles. The van der Waals surface area contributed by atoms with Crippen LogP contribution in [0.2, 0.25) is 18.1 Å². The fourth-order valence-electron chi connectivity index (χ4n) is 4.72. The molecule has 2 aliphatic rings. The number of carbonyl (C=O) groups excluding carboxylic acids is 3. The summed E-state index contributed by atoms with van der Waals surface area (Å²) in [5.74, 6) is -2.24. The Bertz CT molecular complexity index is 781. The van der Waals surface area contributed by atoms with E-state index in [0.29, 0.717) is 6.54 Å². The molecule has 0 aliphatic carbocycles. The van der Waals surface area contributed by atoms with Crippen LogP contribution >= 0.6 is 0 Å². The third-order valence-corrected chi connectivity index (χ3v) is 11.9. The predicted molar refractivity (Wildman–Crippen MR) is 126 cm³/mol. The van der Waals surface area contributed by atoms with Gasteiger partial charge in [-0.2, -0.15) is 0 Å². The molecule has 2 rings (SSSR count). The van der Waals surface area contributed by atoms with Gasteiger partial charge in [0.1, 0.15) is 5.54 Å². The molecule has 33 heavy (non-hydrogen) atoms. The summed E-state index contributed by atoms with van der Waals surface area (Å²) < 4.78 is 22.7. The second-order valence-corrected chi connectivity index (χ2v) is 15.3. The second-order valence-electron chi connectivity index (χ2n) is 10.5. The molecule has 0 saturated carbocycles. The van der Waals surface area contributed by atoms with E-state index >= 15 is 0 Å². The minimum absolute atomic E-state index is 0.0741. The molecule has 0 unspecified atom stereocenters. The molecule has 1 amide bonds. The fourth-order valence-corrected chi connectivity index (χ4v) is 6.04. The number of piperidine rings is 1. The summed E-state index contributed by atoms with van der Waals surface area (Å²) in [6, 6.07) is -1.28. The van der Waals surface area contributed by atoms with Crippen molar-refractivity contribution >= 4 is 26.2 Å². The van der Waals surface area contributed by atoms with E-state index < -0.39 is 61.9 Å². The molecule has 2 saturated heterocycles. The van der Waals surface area contributed by atoms with Crippen molar-refractivity contribution in [3.63, 3.8) is 0 Å². The van der Waals surface area contributed by atoms with Crippen molar-refractivity contribution in [1.29, 1.82) is 0 Å². The van der Waals surface area contributed by atoms with Crippen LogP contribution in [0.15, 0.2) is 12.7 Å². The highest BCUT2D eigenvalue weighted by atomic mass is 28.4. The van der Waals surface area contributed by atoms with Gasteiger partial charge in [0.25, 0.3) is 5.91 Å². The lowest BCUT2D eigenvalue weighted by Crippen LogP contribution is -2.73. The zero-order valence-corrected chi connectivity index (χ0v) is 22.4.